The number of likely N-dealkylation sites (N-methyl/N-ethyl adjacent to an activating group) is 1. The number of carbonyl (C=O) groups excluding carboxylic acids is 3. The quantitative estimate of drug-likeness (QED) is 0.252. The lowest BCUT2D eigenvalue weighted by Crippen LogP contribution is -2.39. The zero-order valence-corrected chi connectivity index (χ0v) is 8.40. The molecule has 6 nitrogen and oxygen atoms in total. The molecule has 0 aliphatic rings. The Balaban J connectivity index is 4.24. The van der Waals surface area contributed by atoms with Crippen molar-refractivity contribution >= 4 is 17.7 Å². The molecule has 0 N–H and O–H groups in total. The molecule has 0 unspecified atom stereocenters. The first-order chi connectivity index (χ1) is 6.54. The smallest absolute Gasteiger partial charge is 0.384 e. The number of amides is 1. The average molecular weight is 203 g/mol. The van der Waals surface area contributed by atoms with Gasteiger partial charge < -0.3 is 14.4 Å². The SMILES string of the molecule is CCOC(=O)C(=O)C(=O)N(C)COC. The second-order valence-electron chi connectivity index (χ2n) is 2.47. The van der Waals surface area contributed by atoms with Crippen molar-refractivity contribution in [2.45, 2.75) is 6.92 Å². The van der Waals surface area contributed by atoms with E-state index in [9.17, 15) is 14.4 Å². The lowest BCUT2D eigenvalue weighted by atomic mass is 10.3. The number of ether oxygens (including phenoxy) is 2. The van der Waals surface area contributed by atoms with Crippen LogP contribution in [0.5, 0.6) is 0 Å². The molecule has 0 saturated heterocycles. The fourth-order valence-corrected chi connectivity index (χ4v) is 0.710. The van der Waals surface area contributed by atoms with Gasteiger partial charge in [-0.05, 0) is 6.92 Å². The van der Waals surface area contributed by atoms with Gasteiger partial charge in [0.2, 0.25) is 0 Å². The number of methoxy groups -OCH3 is 1. The van der Waals surface area contributed by atoms with E-state index in [0.717, 1.165) is 4.90 Å². The predicted molar refractivity (Wildman–Crippen MR) is 46.3 cm³/mol. The van der Waals surface area contributed by atoms with Crippen molar-refractivity contribution in [1.29, 1.82) is 0 Å². The molecule has 0 aromatic carbocycles. The van der Waals surface area contributed by atoms with Crippen molar-refractivity contribution in [3.05, 3.63) is 0 Å². The normalized spacial score (nSPS) is 9.36. The second-order valence-corrected chi connectivity index (χ2v) is 2.47. The summed E-state index contributed by atoms with van der Waals surface area (Å²) in [4.78, 5) is 34.0. The Bertz CT molecular complexity index is 238. The highest BCUT2D eigenvalue weighted by atomic mass is 16.5. The van der Waals surface area contributed by atoms with Crippen molar-refractivity contribution in [2.75, 3.05) is 27.5 Å². The fraction of sp³-hybridized carbons (Fsp3) is 0.625. The second kappa shape index (κ2) is 6.09. The Morgan fingerprint density at radius 3 is 2.29 bits per heavy atom. The summed E-state index contributed by atoms with van der Waals surface area (Å²) in [5.41, 5.74) is 0. The molecule has 1 amide bonds. The molecule has 0 saturated carbocycles. The summed E-state index contributed by atoms with van der Waals surface area (Å²) in [5, 5.41) is 0. The molecular formula is C8H13NO5. The average Bonchev–Trinajstić information content (AvgIpc) is 2.16. The van der Waals surface area contributed by atoms with E-state index in [1.807, 2.05) is 0 Å². The third-order valence-electron chi connectivity index (χ3n) is 1.32. The Labute approximate surface area is 81.8 Å². The van der Waals surface area contributed by atoms with Gasteiger partial charge in [0.25, 0.3) is 0 Å². The van der Waals surface area contributed by atoms with Crippen LogP contribution < -0.4 is 0 Å². The van der Waals surface area contributed by atoms with Crippen LogP contribution in [0.2, 0.25) is 0 Å². The van der Waals surface area contributed by atoms with Crippen LogP contribution in [0.25, 0.3) is 0 Å². The van der Waals surface area contributed by atoms with Crippen LogP contribution in [0.3, 0.4) is 0 Å². The van der Waals surface area contributed by atoms with Gasteiger partial charge in [-0.2, -0.15) is 0 Å². The first kappa shape index (κ1) is 12.6. The molecule has 0 bridgehead atoms. The number of carbonyl (C=O) groups is 3. The highest BCUT2D eigenvalue weighted by Crippen LogP contribution is 1.90. The Kier molecular flexibility index (Phi) is 5.47. The molecule has 14 heavy (non-hydrogen) atoms. The topological polar surface area (TPSA) is 72.9 Å². The number of esters is 1. The minimum Gasteiger partial charge on any atom is -0.460 e. The van der Waals surface area contributed by atoms with Crippen molar-refractivity contribution in [3.8, 4) is 0 Å². The lowest BCUT2D eigenvalue weighted by molar-refractivity contribution is -0.160. The largest absolute Gasteiger partial charge is 0.460 e. The maximum Gasteiger partial charge on any atom is 0.384 e. The maximum absolute atomic E-state index is 11.1. The van der Waals surface area contributed by atoms with E-state index in [1.165, 1.54) is 14.2 Å². The van der Waals surface area contributed by atoms with Crippen LogP contribution in [0.4, 0.5) is 0 Å². The number of rotatable bonds is 5. The molecular weight excluding hydrogens is 190 g/mol. The van der Waals surface area contributed by atoms with Crippen LogP contribution in [0, 0.1) is 0 Å². The Morgan fingerprint density at radius 2 is 1.86 bits per heavy atom. The first-order valence-electron chi connectivity index (χ1n) is 4.00. The van der Waals surface area contributed by atoms with Gasteiger partial charge in [0.1, 0.15) is 6.73 Å². The molecule has 0 aromatic heterocycles. The third-order valence-corrected chi connectivity index (χ3v) is 1.32. The lowest BCUT2D eigenvalue weighted by Gasteiger charge is -2.13. The van der Waals surface area contributed by atoms with Crippen molar-refractivity contribution < 1.29 is 23.9 Å². The van der Waals surface area contributed by atoms with E-state index >= 15 is 0 Å². The van der Waals surface area contributed by atoms with Crippen LogP contribution in [0.15, 0.2) is 0 Å². The van der Waals surface area contributed by atoms with E-state index in [0.29, 0.717) is 0 Å². The molecule has 0 heterocycles. The van der Waals surface area contributed by atoms with Gasteiger partial charge in [-0.15, -0.1) is 0 Å². The van der Waals surface area contributed by atoms with E-state index in [1.54, 1.807) is 6.92 Å². The van der Waals surface area contributed by atoms with E-state index < -0.39 is 17.7 Å². The standard InChI is InChI=1S/C8H13NO5/c1-4-14-8(12)6(10)7(11)9(2)5-13-3/h4-5H2,1-3H3. The molecule has 80 valence electrons. The van der Waals surface area contributed by atoms with E-state index in [-0.39, 0.29) is 13.3 Å². The number of hydrogen-bond acceptors (Lipinski definition) is 5. The summed E-state index contributed by atoms with van der Waals surface area (Å²) in [6.07, 6.45) is 0. The number of nitrogens with zero attached hydrogens (tertiary/aromatic N) is 1. The van der Waals surface area contributed by atoms with Crippen molar-refractivity contribution in [1.82, 2.24) is 4.90 Å². The summed E-state index contributed by atoms with van der Waals surface area (Å²) in [6, 6.07) is 0. The van der Waals surface area contributed by atoms with E-state index in [4.69, 9.17) is 0 Å². The van der Waals surface area contributed by atoms with Gasteiger partial charge in [-0.25, -0.2) is 4.79 Å². The maximum atomic E-state index is 11.1. The van der Waals surface area contributed by atoms with Crippen molar-refractivity contribution in [2.24, 2.45) is 0 Å². The molecule has 0 radical (unpaired) electrons. The molecule has 0 rings (SSSR count). The first-order valence-corrected chi connectivity index (χ1v) is 4.00. The monoisotopic (exact) mass is 203 g/mol. The summed E-state index contributed by atoms with van der Waals surface area (Å²) >= 11 is 0. The number of Topliss-reactive ketones (excluding diaryl/α,β-unsaturated/α-hetero) is 1. The van der Waals surface area contributed by atoms with Gasteiger partial charge in [-0.3, -0.25) is 9.59 Å². The summed E-state index contributed by atoms with van der Waals surface area (Å²) in [6.45, 7) is 1.56. The number of hydrogen-bond donors (Lipinski definition) is 0. The molecule has 0 spiro atoms. The summed E-state index contributed by atoms with van der Waals surface area (Å²) in [7, 11) is 2.72. The van der Waals surface area contributed by atoms with Crippen LogP contribution in [-0.4, -0.2) is 50.1 Å². The molecule has 0 aliphatic carbocycles. The van der Waals surface area contributed by atoms with Crippen LogP contribution in [-0.2, 0) is 23.9 Å². The van der Waals surface area contributed by atoms with Gasteiger partial charge in [0.05, 0.1) is 6.61 Å². The fourth-order valence-electron chi connectivity index (χ4n) is 0.710. The summed E-state index contributed by atoms with van der Waals surface area (Å²) < 4.78 is 8.99. The minimum absolute atomic E-state index is 0.0516. The zero-order chi connectivity index (χ0) is 11.1. The number of ketones is 1. The predicted octanol–water partition coefficient (Wildman–Crippen LogP) is -0.819. The molecule has 6 heteroatoms. The van der Waals surface area contributed by atoms with Gasteiger partial charge in [-0.1, -0.05) is 0 Å². The molecule has 0 aliphatic heterocycles. The van der Waals surface area contributed by atoms with Crippen LogP contribution in [0.1, 0.15) is 6.92 Å². The van der Waals surface area contributed by atoms with Gasteiger partial charge in [0.15, 0.2) is 0 Å². The summed E-state index contributed by atoms with van der Waals surface area (Å²) in [5.74, 6) is -3.27. The van der Waals surface area contributed by atoms with E-state index in [2.05, 4.69) is 9.47 Å². The highest BCUT2D eigenvalue weighted by molar-refractivity contribution is 6.61. The van der Waals surface area contributed by atoms with Crippen molar-refractivity contribution in [3.63, 3.8) is 0 Å². The highest BCUT2D eigenvalue weighted by Gasteiger charge is 2.26. The zero-order valence-electron chi connectivity index (χ0n) is 8.40. The van der Waals surface area contributed by atoms with Gasteiger partial charge in [0, 0.05) is 14.2 Å². The Hall–Kier alpha value is -1.43. The molecule has 0 aromatic rings. The minimum atomic E-state index is -1.19. The molecule has 0 fully saturated rings. The Morgan fingerprint density at radius 1 is 1.29 bits per heavy atom. The molecule has 0 atom stereocenters. The van der Waals surface area contributed by atoms with Crippen LogP contribution >= 0.6 is 0 Å². The van der Waals surface area contributed by atoms with Gasteiger partial charge >= 0.3 is 17.7 Å². The third kappa shape index (κ3) is 3.53.